The van der Waals surface area contributed by atoms with E-state index in [9.17, 15) is 18.3 Å². The lowest BCUT2D eigenvalue weighted by molar-refractivity contribution is -0.147. The minimum atomic E-state index is -3.26. The van der Waals surface area contributed by atoms with Gasteiger partial charge in [-0.15, -0.1) is 0 Å². The summed E-state index contributed by atoms with van der Waals surface area (Å²) in [5.41, 5.74) is 0.576. The molecule has 0 saturated carbocycles. The van der Waals surface area contributed by atoms with Gasteiger partial charge >= 0.3 is 5.97 Å². The Bertz CT molecular complexity index is 503. The molecule has 1 aromatic carbocycles. The summed E-state index contributed by atoms with van der Waals surface area (Å²) in [7, 11) is -3.26. The van der Waals surface area contributed by atoms with Gasteiger partial charge in [-0.2, -0.15) is 0 Å². The summed E-state index contributed by atoms with van der Waals surface area (Å²) in [6.45, 7) is 1.56. The van der Waals surface area contributed by atoms with E-state index >= 15 is 0 Å². The van der Waals surface area contributed by atoms with Crippen LogP contribution in [0.25, 0.3) is 0 Å². The van der Waals surface area contributed by atoms with E-state index in [2.05, 4.69) is 0 Å². The van der Waals surface area contributed by atoms with Crippen molar-refractivity contribution in [1.82, 2.24) is 0 Å². The predicted molar refractivity (Wildman–Crippen MR) is 61.6 cm³/mol. The summed E-state index contributed by atoms with van der Waals surface area (Å²) in [4.78, 5) is 10.8. The normalized spacial score (nSPS) is 15.2. The molecule has 0 bridgehead atoms. The van der Waals surface area contributed by atoms with Crippen molar-refractivity contribution in [2.75, 3.05) is 6.26 Å². The standard InChI is InChI=1S/C11H14O5S/c1-7(10(12)11(13)14)8-3-5-9(6-4-8)17(2,15)16/h3-7,10,12H,1-2H3,(H,13,14). The smallest absolute Gasteiger partial charge is 0.333 e. The minimum absolute atomic E-state index is 0.165. The van der Waals surface area contributed by atoms with Crippen molar-refractivity contribution in [2.24, 2.45) is 0 Å². The average molecular weight is 258 g/mol. The van der Waals surface area contributed by atoms with Gasteiger partial charge < -0.3 is 10.2 Å². The maximum absolute atomic E-state index is 11.2. The number of benzene rings is 1. The second-order valence-electron chi connectivity index (χ2n) is 3.91. The van der Waals surface area contributed by atoms with Gasteiger partial charge in [-0.05, 0) is 17.7 Å². The number of aliphatic carboxylic acids is 1. The van der Waals surface area contributed by atoms with E-state index < -0.39 is 27.8 Å². The van der Waals surface area contributed by atoms with Crippen LogP contribution < -0.4 is 0 Å². The Balaban J connectivity index is 2.99. The number of carboxylic acids is 1. The molecular formula is C11H14O5S. The van der Waals surface area contributed by atoms with Crippen molar-refractivity contribution in [3.8, 4) is 0 Å². The number of rotatable bonds is 4. The quantitative estimate of drug-likeness (QED) is 0.826. The Labute approximate surface area is 99.6 Å². The maximum Gasteiger partial charge on any atom is 0.333 e. The van der Waals surface area contributed by atoms with Crippen LogP contribution in [0.1, 0.15) is 18.4 Å². The van der Waals surface area contributed by atoms with Crippen LogP contribution in [-0.4, -0.2) is 37.0 Å². The van der Waals surface area contributed by atoms with Crippen molar-refractivity contribution in [3.63, 3.8) is 0 Å². The fourth-order valence-corrected chi connectivity index (χ4v) is 2.05. The largest absolute Gasteiger partial charge is 0.479 e. The van der Waals surface area contributed by atoms with E-state index in [1.807, 2.05) is 0 Å². The third-order valence-electron chi connectivity index (χ3n) is 2.56. The number of hydrogen-bond donors (Lipinski definition) is 2. The fourth-order valence-electron chi connectivity index (χ4n) is 1.41. The SMILES string of the molecule is CC(c1ccc(S(C)(=O)=O)cc1)C(O)C(=O)O. The first kappa shape index (κ1) is 13.7. The summed E-state index contributed by atoms with van der Waals surface area (Å²) >= 11 is 0. The summed E-state index contributed by atoms with van der Waals surface area (Å²) < 4.78 is 22.4. The summed E-state index contributed by atoms with van der Waals surface area (Å²) in [6, 6.07) is 5.81. The third-order valence-corrected chi connectivity index (χ3v) is 3.69. The number of sulfone groups is 1. The number of carboxylic acid groups (broad SMARTS) is 1. The van der Waals surface area contributed by atoms with Crippen LogP contribution in [0.15, 0.2) is 29.2 Å². The molecule has 0 heterocycles. The maximum atomic E-state index is 11.2. The third kappa shape index (κ3) is 3.28. The summed E-state index contributed by atoms with van der Waals surface area (Å²) in [6.07, 6.45) is -0.406. The number of hydrogen-bond acceptors (Lipinski definition) is 4. The van der Waals surface area contributed by atoms with Crippen LogP contribution in [-0.2, 0) is 14.6 Å². The summed E-state index contributed by atoms with van der Waals surface area (Å²) in [5, 5.41) is 18.0. The van der Waals surface area contributed by atoms with Crippen molar-refractivity contribution >= 4 is 15.8 Å². The predicted octanol–water partition coefficient (Wildman–Crippen LogP) is 0.639. The van der Waals surface area contributed by atoms with Crippen LogP contribution in [0, 0.1) is 0 Å². The van der Waals surface area contributed by atoms with Gasteiger partial charge in [0, 0.05) is 12.2 Å². The lowest BCUT2D eigenvalue weighted by Gasteiger charge is -2.15. The van der Waals surface area contributed by atoms with Crippen molar-refractivity contribution in [3.05, 3.63) is 29.8 Å². The van der Waals surface area contributed by atoms with Gasteiger partial charge in [0.15, 0.2) is 15.9 Å². The highest BCUT2D eigenvalue weighted by Crippen LogP contribution is 2.21. The number of carbonyl (C=O) groups is 1. The molecular weight excluding hydrogens is 244 g/mol. The van der Waals surface area contributed by atoms with Crippen molar-refractivity contribution in [1.29, 1.82) is 0 Å². The molecule has 5 nitrogen and oxygen atoms in total. The average Bonchev–Trinajstić information content (AvgIpc) is 2.26. The van der Waals surface area contributed by atoms with Gasteiger partial charge in [0.2, 0.25) is 0 Å². The van der Waals surface area contributed by atoms with Gasteiger partial charge in [-0.3, -0.25) is 0 Å². The van der Waals surface area contributed by atoms with Gasteiger partial charge in [0.05, 0.1) is 4.90 Å². The molecule has 2 N–H and O–H groups in total. The molecule has 1 rings (SSSR count). The molecule has 2 atom stereocenters. The second kappa shape index (κ2) is 4.85. The van der Waals surface area contributed by atoms with E-state index in [1.54, 1.807) is 6.92 Å². The minimum Gasteiger partial charge on any atom is -0.479 e. The Hall–Kier alpha value is -1.40. The van der Waals surface area contributed by atoms with Gasteiger partial charge in [0.25, 0.3) is 0 Å². The molecule has 0 amide bonds. The molecule has 0 spiro atoms. The van der Waals surface area contributed by atoms with Crippen LogP contribution in [0.2, 0.25) is 0 Å². The molecule has 17 heavy (non-hydrogen) atoms. The molecule has 0 fully saturated rings. The molecule has 0 aliphatic heterocycles. The van der Waals surface area contributed by atoms with Crippen LogP contribution in [0.3, 0.4) is 0 Å². The van der Waals surface area contributed by atoms with Crippen molar-refractivity contribution < 1.29 is 23.4 Å². The topological polar surface area (TPSA) is 91.7 Å². The van der Waals surface area contributed by atoms with E-state index in [1.165, 1.54) is 24.3 Å². The first-order valence-electron chi connectivity index (χ1n) is 4.94. The molecule has 0 radical (unpaired) electrons. The molecule has 0 aromatic heterocycles. The highest BCUT2D eigenvalue weighted by atomic mass is 32.2. The molecule has 6 heteroatoms. The molecule has 2 unspecified atom stereocenters. The van der Waals surface area contributed by atoms with E-state index in [-0.39, 0.29) is 4.90 Å². The van der Waals surface area contributed by atoms with Gasteiger partial charge in [-0.1, -0.05) is 19.1 Å². The Morgan fingerprint density at radius 2 is 1.71 bits per heavy atom. The van der Waals surface area contributed by atoms with Crippen molar-refractivity contribution in [2.45, 2.75) is 23.8 Å². The molecule has 0 aliphatic rings. The monoisotopic (exact) mass is 258 g/mol. The Morgan fingerprint density at radius 3 is 2.06 bits per heavy atom. The van der Waals surface area contributed by atoms with Gasteiger partial charge in [0.1, 0.15) is 0 Å². The molecule has 0 aliphatic carbocycles. The zero-order valence-electron chi connectivity index (χ0n) is 9.49. The summed E-state index contributed by atoms with van der Waals surface area (Å²) in [5.74, 6) is -1.90. The molecule has 0 saturated heterocycles. The second-order valence-corrected chi connectivity index (χ2v) is 5.93. The number of aliphatic hydroxyl groups is 1. The van der Waals surface area contributed by atoms with E-state index in [0.717, 1.165) is 6.26 Å². The molecule has 1 aromatic rings. The van der Waals surface area contributed by atoms with Crippen LogP contribution >= 0.6 is 0 Å². The van der Waals surface area contributed by atoms with E-state index in [0.29, 0.717) is 5.56 Å². The first-order valence-corrected chi connectivity index (χ1v) is 6.83. The first-order chi connectivity index (χ1) is 7.73. The van der Waals surface area contributed by atoms with E-state index in [4.69, 9.17) is 5.11 Å². The Kier molecular flexibility index (Phi) is 3.90. The Morgan fingerprint density at radius 1 is 1.24 bits per heavy atom. The van der Waals surface area contributed by atoms with Crippen LogP contribution in [0.4, 0.5) is 0 Å². The lowest BCUT2D eigenvalue weighted by atomic mass is 9.95. The zero-order chi connectivity index (χ0) is 13.2. The van der Waals surface area contributed by atoms with Gasteiger partial charge in [-0.25, -0.2) is 13.2 Å². The number of aliphatic hydroxyl groups excluding tert-OH is 1. The fraction of sp³-hybridized carbons (Fsp3) is 0.364. The zero-order valence-corrected chi connectivity index (χ0v) is 10.3. The highest BCUT2D eigenvalue weighted by molar-refractivity contribution is 7.90. The van der Waals surface area contributed by atoms with Crippen LogP contribution in [0.5, 0.6) is 0 Å². The highest BCUT2D eigenvalue weighted by Gasteiger charge is 2.23. The lowest BCUT2D eigenvalue weighted by Crippen LogP contribution is -2.25. The molecule has 94 valence electrons.